The first-order chi connectivity index (χ1) is 14.0. The predicted molar refractivity (Wildman–Crippen MR) is 109 cm³/mol. The van der Waals surface area contributed by atoms with Gasteiger partial charge in [-0.3, -0.25) is 9.69 Å². The minimum atomic E-state index is -0.508. The number of ether oxygens (including phenoxy) is 2. The summed E-state index contributed by atoms with van der Waals surface area (Å²) in [6, 6.07) is 7.58. The Labute approximate surface area is 177 Å². The molecule has 3 heterocycles. The van der Waals surface area contributed by atoms with E-state index < -0.39 is 5.82 Å². The Morgan fingerprint density at radius 1 is 1.38 bits per heavy atom. The molecule has 1 unspecified atom stereocenters. The van der Waals surface area contributed by atoms with Gasteiger partial charge in [0.1, 0.15) is 35.4 Å². The molecule has 152 valence electrons. The van der Waals surface area contributed by atoms with E-state index in [0.717, 1.165) is 19.4 Å². The molecule has 0 spiro atoms. The summed E-state index contributed by atoms with van der Waals surface area (Å²) in [5, 5.41) is 3.28. The van der Waals surface area contributed by atoms with Gasteiger partial charge in [-0.1, -0.05) is 11.6 Å². The average molecular weight is 437 g/mol. The Hall–Kier alpha value is -2.42. The highest BCUT2D eigenvalue weighted by Crippen LogP contribution is 2.23. The van der Waals surface area contributed by atoms with E-state index in [-0.39, 0.29) is 23.6 Å². The summed E-state index contributed by atoms with van der Waals surface area (Å²) in [5.74, 6) is 0.738. The summed E-state index contributed by atoms with van der Waals surface area (Å²) in [4.78, 5) is 14.1. The fourth-order valence-corrected chi connectivity index (χ4v) is 3.58. The van der Waals surface area contributed by atoms with Crippen LogP contribution in [0.4, 0.5) is 4.39 Å². The number of benzene rings is 1. The van der Waals surface area contributed by atoms with E-state index >= 15 is 0 Å². The van der Waals surface area contributed by atoms with Gasteiger partial charge in [0.05, 0.1) is 17.7 Å². The summed E-state index contributed by atoms with van der Waals surface area (Å²) >= 11 is 11.0. The molecule has 2 aromatic rings. The number of hydrogen-bond acceptors (Lipinski definition) is 5. The number of carbonyl (C=O) groups excluding carboxylic acids is 1. The van der Waals surface area contributed by atoms with Crippen LogP contribution in [0.5, 0.6) is 5.75 Å². The number of halogens is 2. The van der Waals surface area contributed by atoms with Crippen LogP contribution in [0.25, 0.3) is 6.08 Å². The molecule has 6 nitrogen and oxygen atoms in total. The highest BCUT2D eigenvalue weighted by molar-refractivity contribution is 7.80. The van der Waals surface area contributed by atoms with Gasteiger partial charge >= 0.3 is 0 Å². The second-order valence-electron chi connectivity index (χ2n) is 6.71. The minimum absolute atomic E-state index is 0.0123. The number of carbonyl (C=O) groups is 1. The zero-order valence-corrected chi connectivity index (χ0v) is 16.9. The first-order valence-electron chi connectivity index (χ1n) is 9.12. The smallest absolute Gasteiger partial charge is 0.276 e. The van der Waals surface area contributed by atoms with Crippen molar-refractivity contribution in [3.05, 3.63) is 58.4 Å². The molecule has 1 amide bonds. The van der Waals surface area contributed by atoms with Crippen LogP contribution < -0.4 is 10.1 Å². The molecule has 4 rings (SSSR count). The molecule has 1 atom stereocenters. The van der Waals surface area contributed by atoms with Gasteiger partial charge in [-0.25, -0.2) is 4.39 Å². The molecule has 1 aromatic heterocycles. The molecule has 0 saturated carbocycles. The zero-order valence-electron chi connectivity index (χ0n) is 15.3. The molecule has 2 saturated heterocycles. The summed E-state index contributed by atoms with van der Waals surface area (Å²) in [7, 11) is 0. The van der Waals surface area contributed by atoms with E-state index in [9.17, 15) is 9.18 Å². The van der Waals surface area contributed by atoms with Crippen molar-refractivity contribution in [3.63, 3.8) is 0 Å². The molecule has 2 fully saturated rings. The van der Waals surface area contributed by atoms with Gasteiger partial charge in [-0.05, 0) is 49.3 Å². The van der Waals surface area contributed by atoms with Gasteiger partial charge in [-0.15, -0.1) is 0 Å². The van der Waals surface area contributed by atoms with Crippen LogP contribution in [-0.4, -0.2) is 35.2 Å². The maximum atomic E-state index is 13.2. The maximum absolute atomic E-state index is 13.2. The Balaban J connectivity index is 1.38. The Morgan fingerprint density at radius 2 is 2.24 bits per heavy atom. The highest BCUT2D eigenvalue weighted by atomic mass is 35.5. The van der Waals surface area contributed by atoms with Crippen LogP contribution in [0.1, 0.15) is 24.4 Å². The summed E-state index contributed by atoms with van der Waals surface area (Å²) in [5.41, 5.74) is 0.347. The predicted octanol–water partition coefficient (Wildman–Crippen LogP) is 3.89. The van der Waals surface area contributed by atoms with Gasteiger partial charge < -0.3 is 19.2 Å². The van der Waals surface area contributed by atoms with E-state index in [1.54, 1.807) is 18.2 Å². The number of nitrogens with zero attached hydrogens (tertiary/aromatic N) is 1. The Morgan fingerprint density at radius 3 is 3.00 bits per heavy atom. The number of thiocarbonyl (C=S) groups is 1. The number of rotatable bonds is 6. The molecule has 1 N–H and O–H groups in total. The van der Waals surface area contributed by atoms with E-state index in [4.69, 9.17) is 37.7 Å². The molecule has 2 aliphatic rings. The Bertz CT molecular complexity index is 971. The number of nitrogens with one attached hydrogen (secondary N) is 1. The van der Waals surface area contributed by atoms with Crippen molar-refractivity contribution in [2.45, 2.75) is 25.6 Å². The normalized spacial score (nSPS) is 20.6. The third-order valence-electron chi connectivity index (χ3n) is 4.61. The lowest BCUT2D eigenvalue weighted by Crippen LogP contribution is -2.37. The molecular weight excluding hydrogens is 419 g/mol. The van der Waals surface area contributed by atoms with Crippen LogP contribution in [0.3, 0.4) is 0 Å². The molecule has 2 aliphatic heterocycles. The zero-order chi connectivity index (χ0) is 20.4. The summed E-state index contributed by atoms with van der Waals surface area (Å²) < 4.78 is 30.0. The van der Waals surface area contributed by atoms with Gasteiger partial charge in [0.2, 0.25) is 0 Å². The molecule has 29 heavy (non-hydrogen) atoms. The lowest BCUT2D eigenvalue weighted by atomic mass is 10.2. The van der Waals surface area contributed by atoms with E-state index in [2.05, 4.69) is 5.32 Å². The van der Waals surface area contributed by atoms with Crippen molar-refractivity contribution in [3.8, 4) is 5.75 Å². The van der Waals surface area contributed by atoms with E-state index in [1.165, 1.54) is 23.1 Å². The summed E-state index contributed by atoms with van der Waals surface area (Å²) in [6.07, 6.45) is 3.54. The van der Waals surface area contributed by atoms with Crippen molar-refractivity contribution in [2.24, 2.45) is 0 Å². The molecular formula is C20H18ClFN2O4S. The van der Waals surface area contributed by atoms with Gasteiger partial charge in [0.15, 0.2) is 5.11 Å². The number of hydrogen-bond donors (Lipinski definition) is 1. The van der Waals surface area contributed by atoms with Crippen LogP contribution in [-0.2, 0) is 16.1 Å². The Kier molecular flexibility index (Phi) is 5.84. The monoisotopic (exact) mass is 436 g/mol. The van der Waals surface area contributed by atoms with Crippen molar-refractivity contribution in [2.75, 3.05) is 13.2 Å². The van der Waals surface area contributed by atoms with Gasteiger partial charge in [0.25, 0.3) is 5.91 Å². The standard InChI is InChI=1S/C20H18ClFN2O4S/c21-16-8-12(5-6-17(16)22)27-11-15-4-3-13(28-15)9-18-19(25)24(20(29)23-18)10-14-2-1-7-26-14/h3-6,8-9,14H,1-2,7,10-11H2,(H,23,29)/b18-9+. The average Bonchev–Trinajstić information content (AvgIpc) is 3.42. The molecule has 0 bridgehead atoms. The van der Waals surface area contributed by atoms with Crippen LogP contribution in [0.2, 0.25) is 5.02 Å². The fourth-order valence-electron chi connectivity index (χ4n) is 3.14. The first-order valence-corrected chi connectivity index (χ1v) is 9.91. The topological polar surface area (TPSA) is 63.9 Å². The highest BCUT2D eigenvalue weighted by Gasteiger charge is 2.33. The second-order valence-corrected chi connectivity index (χ2v) is 7.50. The largest absolute Gasteiger partial charge is 0.486 e. The van der Waals surface area contributed by atoms with Crippen LogP contribution in [0, 0.1) is 5.82 Å². The van der Waals surface area contributed by atoms with E-state index in [0.29, 0.717) is 34.6 Å². The molecule has 0 radical (unpaired) electrons. The van der Waals surface area contributed by atoms with Crippen molar-refractivity contribution in [1.29, 1.82) is 0 Å². The van der Waals surface area contributed by atoms with Crippen molar-refractivity contribution >= 4 is 40.9 Å². The van der Waals surface area contributed by atoms with Gasteiger partial charge in [0, 0.05) is 18.7 Å². The molecule has 0 aliphatic carbocycles. The summed E-state index contributed by atoms with van der Waals surface area (Å²) in [6.45, 7) is 1.30. The molecule has 9 heteroatoms. The molecule has 1 aromatic carbocycles. The second kappa shape index (κ2) is 8.52. The maximum Gasteiger partial charge on any atom is 0.276 e. The lowest BCUT2D eigenvalue weighted by Gasteiger charge is -2.18. The fraction of sp³-hybridized carbons (Fsp3) is 0.300. The quantitative estimate of drug-likeness (QED) is 0.547. The lowest BCUT2D eigenvalue weighted by molar-refractivity contribution is -0.123. The van der Waals surface area contributed by atoms with Crippen LogP contribution >= 0.6 is 23.8 Å². The van der Waals surface area contributed by atoms with Gasteiger partial charge in [-0.2, -0.15) is 0 Å². The van der Waals surface area contributed by atoms with Crippen molar-refractivity contribution in [1.82, 2.24) is 10.2 Å². The third-order valence-corrected chi connectivity index (χ3v) is 5.23. The van der Waals surface area contributed by atoms with Crippen LogP contribution in [0.15, 0.2) is 40.4 Å². The van der Waals surface area contributed by atoms with E-state index in [1.807, 2.05) is 0 Å². The third kappa shape index (κ3) is 4.60. The number of amides is 1. The minimum Gasteiger partial charge on any atom is -0.486 e. The van der Waals surface area contributed by atoms with Crippen molar-refractivity contribution < 1.29 is 23.1 Å². The number of furan rings is 1. The SMILES string of the molecule is O=C1/C(=C\c2ccc(COc3ccc(F)c(Cl)c3)o2)NC(=S)N1CC1CCCO1. The first kappa shape index (κ1) is 19.9.